The van der Waals surface area contributed by atoms with Crippen LogP contribution in [-0.4, -0.2) is 23.9 Å². The normalized spacial score (nSPS) is 30.1. The summed E-state index contributed by atoms with van der Waals surface area (Å²) >= 11 is 0. The number of unbranched alkanes of at least 4 members (excludes halogenated alkanes) is 2. The van der Waals surface area contributed by atoms with E-state index < -0.39 is 0 Å². The Morgan fingerprint density at radius 1 is 0.789 bits per heavy atom. The fourth-order valence-electron chi connectivity index (χ4n) is 8.17. The third-order valence-corrected chi connectivity index (χ3v) is 10.9. The van der Waals surface area contributed by atoms with Crippen molar-refractivity contribution in [3.05, 3.63) is 47.5 Å². The van der Waals surface area contributed by atoms with Crippen molar-refractivity contribution >= 4 is 5.91 Å². The maximum absolute atomic E-state index is 12.3. The molecular weight excluding hydrogens is 462 g/mol. The Morgan fingerprint density at radius 2 is 1.34 bits per heavy atom. The predicted octanol–water partition coefficient (Wildman–Crippen LogP) is 9.87. The van der Waals surface area contributed by atoms with E-state index in [1.54, 1.807) is 0 Å². The average molecular weight is 520 g/mol. The minimum Gasteiger partial charge on any atom is -0.339 e. The van der Waals surface area contributed by atoms with E-state index in [-0.39, 0.29) is 5.91 Å². The van der Waals surface area contributed by atoms with Crippen LogP contribution in [0.2, 0.25) is 0 Å². The van der Waals surface area contributed by atoms with E-state index in [1.807, 2.05) is 18.9 Å². The van der Waals surface area contributed by atoms with Crippen LogP contribution in [0, 0.1) is 23.7 Å². The molecule has 1 aromatic rings. The number of hydrogen-bond donors (Lipinski definition) is 0. The molecule has 3 fully saturated rings. The van der Waals surface area contributed by atoms with Crippen molar-refractivity contribution < 1.29 is 4.79 Å². The van der Waals surface area contributed by atoms with Crippen LogP contribution in [0.1, 0.15) is 140 Å². The molecule has 4 rings (SSSR count). The minimum absolute atomic E-state index is 0.103. The van der Waals surface area contributed by atoms with Crippen molar-refractivity contribution in [2.24, 2.45) is 23.7 Å². The fourth-order valence-corrected chi connectivity index (χ4v) is 8.17. The SMILES string of the molecule is C=C(C)C(=O)N(C)C1CCC(c2ccc(CCC3CCC(C4CCC(CCCCC)CC4)CC3)cc2)CC1. The van der Waals surface area contributed by atoms with E-state index in [0.29, 0.717) is 17.5 Å². The maximum Gasteiger partial charge on any atom is 0.248 e. The second kappa shape index (κ2) is 14.7. The molecule has 3 aliphatic rings. The predicted molar refractivity (Wildman–Crippen MR) is 162 cm³/mol. The van der Waals surface area contributed by atoms with Gasteiger partial charge in [0.1, 0.15) is 0 Å². The molecule has 0 saturated heterocycles. The van der Waals surface area contributed by atoms with Gasteiger partial charge in [0.05, 0.1) is 0 Å². The summed E-state index contributed by atoms with van der Waals surface area (Å²) in [6.45, 7) is 7.97. The highest BCUT2D eigenvalue weighted by atomic mass is 16.2. The van der Waals surface area contributed by atoms with Gasteiger partial charge < -0.3 is 4.90 Å². The molecule has 0 aliphatic heterocycles. The molecule has 0 N–H and O–H groups in total. The van der Waals surface area contributed by atoms with Crippen LogP contribution < -0.4 is 0 Å². The number of carbonyl (C=O) groups excluding carboxylic acids is 1. The molecule has 2 heteroatoms. The second-order valence-corrected chi connectivity index (χ2v) is 13.5. The topological polar surface area (TPSA) is 20.3 Å². The second-order valence-electron chi connectivity index (χ2n) is 13.5. The average Bonchev–Trinajstić information content (AvgIpc) is 2.96. The van der Waals surface area contributed by atoms with E-state index in [1.165, 1.54) is 114 Å². The molecule has 0 aromatic heterocycles. The standard InChI is InChI=1S/C36H57NO/c1-5-6-7-8-28-11-17-31(18-12-28)32-19-13-29(14-20-32)9-10-30-15-21-33(22-16-30)34-23-25-35(26-24-34)37(4)36(38)27(2)3/h15-16,21-22,28-29,31-32,34-35H,2,5-14,17-20,23-26H2,1,3-4H3. The Morgan fingerprint density at radius 3 is 1.87 bits per heavy atom. The number of likely N-dealkylation sites (N-methyl/N-ethyl adjacent to an activating group) is 1. The van der Waals surface area contributed by atoms with E-state index in [0.717, 1.165) is 36.5 Å². The Bertz CT molecular complexity index is 848. The summed E-state index contributed by atoms with van der Waals surface area (Å²) in [6.07, 6.45) is 25.1. The van der Waals surface area contributed by atoms with Gasteiger partial charge in [0, 0.05) is 18.7 Å². The monoisotopic (exact) mass is 519 g/mol. The molecular formula is C36H57NO. The van der Waals surface area contributed by atoms with Crippen LogP contribution in [0.3, 0.4) is 0 Å². The van der Waals surface area contributed by atoms with Crippen molar-refractivity contribution in [3.8, 4) is 0 Å². The first-order valence-electron chi connectivity index (χ1n) is 16.5. The lowest BCUT2D eigenvalue weighted by Crippen LogP contribution is -2.39. The van der Waals surface area contributed by atoms with Crippen LogP contribution in [-0.2, 0) is 11.2 Å². The van der Waals surface area contributed by atoms with Crippen molar-refractivity contribution in [2.75, 3.05) is 7.05 Å². The van der Waals surface area contributed by atoms with Crippen LogP contribution in [0.5, 0.6) is 0 Å². The van der Waals surface area contributed by atoms with Gasteiger partial charge in [-0.2, -0.15) is 0 Å². The third kappa shape index (κ3) is 8.22. The minimum atomic E-state index is 0.103. The molecule has 0 radical (unpaired) electrons. The molecule has 0 spiro atoms. The summed E-state index contributed by atoms with van der Waals surface area (Å²) in [5, 5.41) is 0. The first kappa shape index (κ1) is 29.4. The molecule has 1 aromatic carbocycles. The Kier molecular flexibility index (Phi) is 11.4. The maximum atomic E-state index is 12.3. The van der Waals surface area contributed by atoms with E-state index in [2.05, 4.69) is 37.8 Å². The lowest BCUT2D eigenvalue weighted by Gasteiger charge is -2.38. The molecule has 3 aliphatic carbocycles. The third-order valence-electron chi connectivity index (χ3n) is 10.9. The molecule has 2 nitrogen and oxygen atoms in total. The lowest BCUT2D eigenvalue weighted by molar-refractivity contribution is -0.128. The number of benzene rings is 1. The zero-order valence-electron chi connectivity index (χ0n) is 25.1. The van der Waals surface area contributed by atoms with Gasteiger partial charge in [-0.1, -0.05) is 89.1 Å². The highest BCUT2D eigenvalue weighted by Crippen LogP contribution is 2.43. The van der Waals surface area contributed by atoms with Gasteiger partial charge in [-0.15, -0.1) is 0 Å². The van der Waals surface area contributed by atoms with Gasteiger partial charge >= 0.3 is 0 Å². The van der Waals surface area contributed by atoms with Crippen molar-refractivity contribution in [1.82, 2.24) is 4.90 Å². The zero-order valence-corrected chi connectivity index (χ0v) is 25.1. The number of aryl methyl sites for hydroxylation is 1. The molecule has 3 saturated carbocycles. The zero-order chi connectivity index (χ0) is 26.9. The first-order chi connectivity index (χ1) is 18.4. The summed E-state index contributed by atoms with van der Waals surface area (Å²) < 4.78 is 0. The molecule has 0 atom stereocenters. The summed E-state index contributed by atoms with van der Waals surface area (Å²) in [4.78, 5) is 14.2. The summed E-state index contributed by atoms with van der Waals surface area (Å²) in [6, 6.07) is 9.98. The van der Waals surface area contributed by atoms with Crippen molar-refractivity contribution in [2.45, 2.75) is 141 Å². The Balaban J connectivity index is 1.13. The van der Waals surface area contributed by atoms with Gasteiger partial charge in [0.15, 0.2) is 0 Å². The smallest absolute Gasteiger partial charge is 0.248 e. The highest BCUT2D eigenvalue weighted by Gasteiger charge is 2.31. The molecule has 1 amide bonds. The summed E-state index contributed by atoms with van der Waals surface area (Å²) in [7, 11) is 1.95. The lowest BCUT2D eigenvalue weighted by atomic mass is 9.68. The van der Waals surface area contributed by atoms with E-state index >= 15 is 0 Å². The van der Waals surface area contributed by atoms with Gasteiger partial charge in [0.2, 0.25) is 5.91 Å². The molecule has 0 unspecified atom stereocenters. The van der Waals surface area contributed by atoms with Crippen molar-refractivity contribution in [1.29, 1.82) is 0 Å². The van der Waals surface area contributed by atoms with E-state index in [4.69, 9.17) is 0 Å². The number of hydrogen-bond acceptors (Lipinski definition) is 1. The highest BCUT2D eigenvalue weighted by molar-refractivity contribution is 5.92. The van der Waals surface area contributed by atoms with Gasteiger partial charge in [-0.05, 0) is 112 Å². The number of nitrogens with zero attached hydrogens (tertiary/aromatic N) is 1. The number of amides is 1. The molecule has 212 valence electrons. The van der Waals surface area contributed by atoms with Gasteiger partial charge in [-0.3, -0.25) is 4.79 Å². The van der Waals surface area contributed by atoms with Crippen LogP contribution >= 0.6 is 0 Å². The summed E-state index contributed by atoms with van der Waals surface area (Å²) in [5.74, 6) is 4.84. The first-order valence-corrected chi connectivity index (χ1v) is 16.5. The molecule has 0 bridgehead atoms. The van der Waals surface area contributed by atoms with Crippen LogP contribution in [0.15, 0.2) is 36.4 Å². The number of carbonyl (C=O) groups is 1. The molecule has 0 heterocycles. The quantitative estimate of drug-likeness (QED) is 0.210. The van der Waals surface area contributed by atoms with E-state index in [9.17, 15) is 4.79 Å². The number of rotatable bonds is 11. The Labute approximate surface area is 235 Å². The Hall–Kier alpha value is -1.57. The van der Waals surface area contributed by atoms with Crippen LogP contribution in [0.25, 0.3) is 0 Å². The van der Waals surface area contributed by atoms with Crippen LogP contribution in [0.4, 0.5) is 0 Å². The molecule has 38 heavy (non-hydrogen) atoms. The van der Waals surface area contributed by atoms with Gasteiger partial charge in [-0.25, -0.2) is 0 Å². The largest absolute Gasteiger partial charge is 0.339 e. The van der Waals surface area contributed by atoms with Gasteiger partial charge in [0.25, 0.3) is 0 Å². The summed E-state index contributed by atoms with van der Waals surface area (Å²) in [5.41, 5.74) is 3.67. The van der Waals surface area contributed by atoms with Crippen molar-refractivity contribution in [3.63, 3.8) is 0 Å². The fraction of sp³-hybridized carbons (Fsp3) is 0.750.